The number of carbonyl (C=O) groups excluding carboxylic acids is 3. The molecule has 130 valence electrons. The van der Waals surface area contributed by atoms with Crippen molar-refractivity contribution in [1.29, 1.82) is 0 Å². The Morgan fingerprint density at radius 1 is 1.25 bits per heavy atom. The molecule has 1 amide bonds. The summed E-state index contributed by atoms with van der Waals surface area (Å²) in [5.41, 5.74) is 0. The summed E-state index contributed by atoms with van der Waals surface area (Å²) in [6.07, 6.45) is 5.42. The zero-order valence-corrected chi connectivity index (χ0v) is 14.7. The van der Waals surface area contributed by atoms with Gasteiger partial charge in [-0.3, -0.25) is 14.4 Å². The second-order valence-electron chi connectivity index (χ2n) is 6.90. The number of hydrogen-bond donors (Lipinski definition) is 1. The Hall–Kier alpha value is -1.69. The van der Waals surface area contributed by atoms with Gasteiger partial charge in [0.15, 0.2) is 6.61 Å². The number of Topliss-reactive ketones (excluding diaryl/α,β-unsaturated/α-hetero) is 1. The highest BCUT2D eigenvalue weighted by atomic mass is 32.1. The van der Waals surface area contributed by atoms with Crippen LogP contribution in [0, 0.1) is 17.8 Å². The number of hydrogen-bond acceptors (Lipinski definition) is 5. The first-order chi connectivity index (χ1) is 11.5. The molecule has 2 saturated carbocycles. The van der Waals surface area contributed by atoms with Gasteiger partial charge in [-0.05, 0) is 49.1 Å². The van der Waals surface area contributed by atoms with Crippen LogP contribution in [0.15, 0.2) is 12.1 Å². The smallest absolute Gasteiger partial charge is 0.306 e. The Morgan fingerprint density at radius 3 is 2.75 bits per heavy atom. The largest absolute Gasteiger partial charge is 0.457 e. The molecule has 0 radical (unpaired) electrons. The van der Waals surface area contributed by atoms with Crippen LogP contribution in [0.5, 0.6) is 0 Å². The van der Waals surface area contributed by atoms with Crippen molar-refractivity contribution >= 4 is 29.0 Å². The maximum absolute atomic E-state index is 12.1. The fourth-order valence-electron chi connectivity index (χ4n) is 3.95. The summed E-state index contributed by atoms with van der Waals surface area (Å²) < 4.78 is 5.18. The van der Waals surface area contributed by atoms with Crippen molar-refractivity contribution in [3.63, 3.8) is 0 Å². The number of nitrogens with one attached hydrogen (secondary N) is 1. The number of carbonyl (C=O) groups is 3. The molecule has 2 aliphatic rings. The third-order valence-corrected chi connectivity index (χ3v) is 6.25. The van der Waals surface area contributed by atoms with Gasteiger partial charge in [0.1, 0.15) is 0 Å². The Bertz CT molecular complexity index is 639. The zero-order chi connectivity index (χ0) is 17.1. The minimum atomic E-state index is -0.254. The average molecular weight is 349 g/mol. The minimum Gasteiger partial charge on any atom is -0.457 e. The highest BCUT2D eigenvalue weighted by Crippen LogP contribution is 2.49. The predicted molar refractivity (Wildman–Crippen MR) is 90.7 cm³/mol. The quantitative estimate of drug-likeness (QED) is 0.607. The Balaban J connectivity index is 1.41. The number of ether oxygens (including phenoxy) is 1. The summed E-state index contributed by atoms with van der Waals surface area (Å²) in [5, 5.41) is 2.69. The van der Waals surface area contributed by atoms with Crippen LogP contribution in [0.2, 0.25) is 0 Å². The van der Waals surface area contributed by atoms with E-state index in [0.29, 0.717) is 29.7 Å². The van der Waals surface area contributed by atoms with Gasteiger partial charge in [0.25, 0.3) is 0 Å². The third-order valence-electron chi connectivity index (χ3n) is 5.13. The molecule has 0 saturated heterocycles. The Kier molecular flexibility index (Phi) is 5.33. The summed E-state index contributed by atoms with van der Waals surface area (Å²) >= 11 is 1.32. The van der Waals surface area contributed by atoms with E-state index in [1.165, 1.54) is 37.5 Å². The van der Waals surface area contributed by atoms with Gasteiger partial charge in [-0.1, -0.05) is 6.42 Å². The lowest BCUT2D eigenvalue weighted by Gasteiger charge is -2.20. The second-order valence-corrected chi connectivity index (χ2v) is 8.07. The molecule has 2 fully saturated rings. The molecule has 0 aromatic carbocycles. The molecule has 3 rings (SSSR count). The highest BCUT2D eigenvalue weighted by Gasteiger charge is 2.40. The lowest BCUT2D eigenvalue weighted by Crippen LogP contribution is -2.19. The van der Waals surface area contributed by atoms with E-state index in [1.54, 1.807) is 6.07 Å². The van der Waals surface area contributed by atoms with Crippen LogP contribution in [0.3, 0.4) is 0 Å². The van der Waals surface area contributed by atoms with E-state index in [0.717, 1.165) is 17.2 Å². The van der Waals surface area contributed by atoms with Crippen molar-refractivity contribution in [2.45, 2.75) is 45.6 Å². The fraction of sp³-hybridized carbons (Fsp3) is 0.611. The topological polar surface area (TPSA) is 72.5 Å². The van der Waals surface area contributed by atoms with Gasteiger partial charge in [0.2, 0.25) is 11.7 Å². The maximum atomic E-state index is 12.1. The molecule has 6 heteroatoms. The van der Waals surface area contributed by atoms with Gasteiger partial charge in [0, 0.05) is 18.2 Å². The minimum absolute atomic E-state index is 0.106. The number of ketones is 1. The number of esters is 1. The molecule has 0 unspecified atom stereocenters. The van der Waals surface area contributed by atoms with E-state index in [9.17, 15) is 14.4 Å². The first-order valence-corrected chi connectivity index (χ1v) is 9.35. The summed E-state index contributed by atoms with van der Waals surface area (Å²) in [7, 11) is 0. The van der Waals surface area contributed by atoms with Crippen LogP contribution in [0.1, 0.15) is 53.6 Å². The van der Waals surface area contributed by atoms with Crippen LogP contribution in [-0.4, -0.2) is 24.3 Å². The van der Waals surface area contributed by atoms with Gasteiger partial charge in [-0.2, -0.15) is 0 Å². The molecule has 1 aromatic heterocycles. The van der Waals surface area contributed by atoms with E-state index in [-0.39, 0.29) is 24.3 Å². The van der Waals surface area contributed by atoms with Crippen molar-refractivity contribution in [2.75, 3.05) is 6.61 Å². The molecule has 3 atom stereocenters. The van der Waals surface area contributed by atoms with Crippen LogP contribution in [-0.2, 0) is 20.9 Å². The monoisotopic (exact) mass is 349 g/mol. The highest BCUT2D eigenvalue weighted by molar-refractivity contribution is 7.14. The fourth-order valence-corrected chi connectivity index (χ4v) is 4.82. The molecule has 0 spiro atoms. The molecule has 1 heterocycles. The summed E-state index contributed by atoms with van der Waals surface area (Å²) in [6, 6.07) is 3.53. The van der Waals surface area contributed by atoms with E-state index in [2.05, 4.69) is 5.32 Å². The average Bonchev–Trinajstić information content (AvgIpc) is 3.26. The first kappa shape index (κ1) is 17.1. The normalized spacial score (nSPS) is 24.8. The van der Waals surface area contributed by atoms with E-state index in [1.807, 2.05) is 6.07 Å². The molecule has 1 N–H and O–H groups in total. The molecular weight excluding hydrogens is 326 g/mol. The Labute approximate surface area is 145 Å². The van der Waals surface area contributed by atoms with Crippen molar-refractivity contribution in [3.05, 3.63) is 21.9 Å². The van der Waals surface area contributed by atoms with Gasteiger partial charge in [0.05, 0.1) is 11.4 Å². The summed E-state index contributed by atoms with van der Waals surface area (Å²) in [6.45, 7) is 1.67. The van der Waals surface area contributed by atoms with Gasteiger partial charge in [-0.25, -0.2) is 0 Å². The van der Waals surface area contributed by atoms with Crippen LogP contribution in [0.25, 0.3) is 0 Å². The standard InChI is InChI=1S/C18H23NO4S/c1-11(20)19-9-15-4-5-17(24-15)16(21)10-23-18(22)8-14-7-12-2-3-13(14)6-12/h4-5,12-14H,2-3,6-10H2,1H3,(H,19,20)/t12-,13+,14+/m0/s1. The van der Waals surface area contributed by atoms with Crippen LogP contribution >= 0.6 is 11.3 Å². The lowest BCUT2D eigenvalue weighted by atomic mass is 9.86. The number of thiophene rings is 1. The van der Waals surface area contributed by atoms with E-state index >= 15 is 0 Å². The molecule has 2 aliphatic carbocycles. The SMILES string of the molecule is CC(=O)NCc1ccc(C(=O)COC(=O)C[C@H]2C[C@H]3CC[C@@H]2C3)s1. The van der Waals surface area contributed by atoms with Crippen molar-refractivity contribution in [1.82, 2.24) is 5.32 Å². The number of amides is 1. The number of fused-ring (bicyclic) bond motifs is 2. The van der Waals surface area contributed by atoms with Crippen LogP contribution < -0.4 is 5.32 Å². The molecule has 5 nitrogen and oxygen atoms in total. The molecule has 1 aromatic rings. The van der Waals surface area contributed by atoms with Crippen molar-refractivity contribution in [3.8, 4) is 0 Å². The lowest BCUT2D eigenvalue weighted by molar-refractivity contribution is -0.144. The van der Waals surface area contributed by atoms with Gasteiger partial charge in [-0.15, -0.1) is 11.3 Å². The first-order valence-electron chi connectivity index (χ1n) is 8.53. The number of rotatable bonds is 7. The second kappa shape index (κ2) is 7.47. The summed E-state index contributed by atoms with van der Waals surface area (Å²) in [5.74, 6) is 1.41. The van der Waals surface area contributed by atoms with E-state index < -0.39 is 0 Å². The Morgan fingerprint density at radius 2 is 2.08 bits per heavy atom. The molecule has 2 bridgehead atoms. The summed E-state index contributed by atoms with van der Waals surface area (Å²) in [4.78, 5) is 36.4. The molecular formula is C18H23NO4S. The van der Waals surface area contributed by atoms with Gasteiger partial charge >= 0.3 is 5.97 Å². The van der Waals surface area contributed by atoms with Crippen LogP contribution in [0.4, 0.5) is 0 Å². The van der Waals surface area contributed by atoms with Gasteiger partial charge < -0.3 is 10.1 Å². The maximum Gasteiger partial charge on any atom is 0.306 e. The van der Waals surface area contributed by atoms with Crippen molar-refractivity contribution < 1.29 is 19.1 Å². The third kappa shape index (κ3) is 4.23. The predicted octanol–water partition coefficient (Wildman–Crippen LogP) is 2.94. The zero-order valence-electron chi connectivity index (χ0n) is 13.9. The van der Waals surface area contributed by atoms with Crippen molar-refractivity contribution in [2.24, 2.45) is 17.8 Å². The van der Waals surface area contributed by atoms with E-state index in [4.69, 9.17) is 4.74 Å². The molecule has 0 aliphatic heterocycles. The molecule has 24 heavy (non-hydrogen) atoms.